The summed E-state index contributed by atoms with van der Waals surface area (Å²) in [5, 5.41) is 0. The van der Waals surface area contributed by atoms with Gasteiger partial charge >= 0.3 is 0 Å². The first kappa shape index (κ1) is 78.2. The van der Waals surface area contributed by atoms with Gasteiger partial charge < -0.3 is 0 Å². The van der Waals surface area contributed by atoms with Crippen molar-refractivity contribution in [2.45, 2.75) is 0 Å². The van der Waals surface area contributed by atoms with Crippen molar-refractivity contribution in [2.24, 2.45) is 0 Å². The maximum Gasteiger partial charge on any atom is 0 e. The molecule has 0 aliphatic rings. The van der Waals surface area contributed by atoms with Crippen LogP contribution in [-0.4, -0.2) is 0 Å². The highest BCUT2D eigenvalue weighted by atomic mass is 13.5. The lowest BCUT2D eigenvalue weighted by atomic mass is 10.6. The second kappa shape index (κ2) is 77.2. The van der Waals surface area contributed by atoms with E-state index < -0.39 is 0 Å². The second-order valence-corrected chi connectivity index (χ2v) is 12.4. The molecule has 0 N–H and O–H groups in total. The van der Waals surface area contributed by atoms with Crippen LogP contribution >= 0.6 is 0 Å². The summed E-state index contributed by atoms with van der Waals surface area (Å²) in [7, 11) is 0. The molecular formula is C100H4. The highest BCUT2D eigenvalue weighted by Gasteiger charge is 1.51. The molecule has 0 unspecified atom stereocenters. The van der Waals surface area contributed by atoms with E-state index >= 15 is 0 Å². The quantitative estimate of drug-likeness (QED) is 0.212. The molecule has 0 atom stereocenters. The third kappa shape index (κ3) is 76.2. The van der Waals surface area contributed by atoms with Gasteiger partial charge in [0.1, 0.15) is 0 Å². The molecule has 404 valence electrons. The first-order chi connectivity index (χ1) is 49.9. The van der Waals surface area contributed by atoms with Crippen LogP contribution in [-0.2, 0) is 0 Å². The highest BCUT2D eigenvalue weighted by Crippen LogP contribution is 1.66. The van der Waals surface area contributed by atoms with Crippen LogP contribution in [0.3, 0.4) is 0 Å². The Kier molecular flexibility index (Phi) is 60.3. The van der Waals surface area contributed by atoms with Gasteiger partial charge in [0.15, 0.2) is 0 Å². The molecule has 100 heavy (non-hydrogen) atoms. The Labute approximate surface area is 571 Å². The number of rotatable bonds is 0. The van der Waals surface area contributed by atoms with Crippen molar-refractivity contribution < 1.29 is 0 Å². The van der Waals surface area contributed by atoms with Crippen LogP contribution in [0.4, 0.5) is 0 Å². The maximum absolute atomic E-state index is 3.32. The predicted octanol–water partition coefficient (Wildman–Crippen LogP) is 16.0. The fraction of sp³-hybridized carbons (Fsp3) is 0. The van der Waals surface area contributed by atoms with Gasteiger partial charge in [0.25, 0.3) is 0 Å². The Bertz CT molecular complexity index is 7500. The SMILES string of the molecule is C=C=C=C=C=C=C=C=C=C=C=C=C=C=C=C=C=C=C=C=C=C=C=C=C=C=C=C=C=C=C=C=C=C=C=C=C=C=C=C=C=C=C=C=C=C=C=C=C=C=C=C=C=C=C=C=C=C=C=C=C=C=C=C=C=C=C=C=C=C=C=C=C=C=C=C=C=C=C=C=C=C=C=C=C=C=C=C=C=C=C=C=C=C=C=C=C=C=C=C. The lowest BCUT2D eigenvalue weighted by Gasteiger charge is -1.41. The Hall–Kier alpha value is -21.8. The monoisotopic (exact) mass is 1200 g/mol. The topological polar surface area (TPSA) is 0 Å². The summed E-state index contributed by atoms with van der Waals surface area (Å²) in [6.45, 7) is 6.63. The van der Waals surface area contributed by atoms with Gasteiger partial charge in [0.05, 0.1) is 0 Å². The van der Waals surface area contributed by atoms with Gasteiger partial charge in [-0.25, -0.2) is 0 Å². The van der Waals surface area contributed by atoms with E-state index in [-0.39, 0.29) is 0 Å². The summed E-state index contributed by atoms with van der Waals surface area (Å²) >= 11 is 0. The summed E-state index contributed by atoms with van der Waals surface area (Å²) in [4.78, 5) is 0. The van der Waals surface area contributed by atoms with Crippen LogP contribution in [0.1, 0.15) is 0 Å². The van der Waals surface area contributed by atoms with Gasteiger partial charge in [-0.3, -0.25) is 0 Å². The first-order valence-corrected chi connectivity index (χ1v) is 25.0. The molecule has 0 bridgehead atoms. The lowest BCUT2D eigenvalue weighted by Crippen LogP contribution is -1.26. The molecule has 0 heterocycles. The minimum atomic E-state index is 2.37. The zero-order chi connectivity index (χ0) is 71.3. The maximum atomic E-state index is 3.32. The van der Waals surface area contributed by atoms with Crippen molar-refractivity contribution in [1.29, 1.82) is 0 Å². The van der Waals surface area contributed by atoms with Crippen LogP contribution < -0.4 is 0 Å². The van der Waals surface area contributed by atoms with Crippen molar-refractivity contribution in [3.8, 4) is 0 Å². The van der Waals surface area contributed by atoms with Gasteiger partial charge in [0.2, 0.25) is 0 Å². The zero-order valence-electron chi connectivity index (χ0n) is 50.4. The third-order valence-corrected chi connectivity index (χ3v) is 6.11. The van der Waals surface area contributed by atoms with E-state index in [0.717, 1.165) is 0 Å². The molecule has 0 nitrogen and oxygen atoms in total. The second-order valence-electron chi connectivity index (χ2n) is 12.4. The molecular weight excluding hydrogens is 1200 g/mol. The first-order valence-electron chi connectivity index (χ1n) is 25.0. The summed E-state index contributed by atoms with van der Waals surface area (Å²) in [6, 6.07) is 0. The molecule has 0 saturated heterocycles. The number of hydrogen-bond acceptors (Lipinski definition) is 0. The van der Waals surface area contributed by atoms with Crippen LogP contribution in [0.2, 0.25) is 0 Å². The van der Waals surface area contributed by atoms with Crippen molar-refractivity contribution >= 4 is 0 Å². The molecule has 0 aromatic heterocycles. The standard InChI is InChI=1S/C100H4/c1-3-5-7-9-11-13-15-17-19-21-23-25-27-29-31-33-35-37-39-41-43-45-47-49-51-53-55-57-59-61-63-65-67-69-71-73-75-77-79-81-83-85-87-89-91-93-95-97-99-100-98-96-94-92-90-88-86-84-82-80-78-76-74-72-70-68-66-64-62-60-58-56-54-52-50-48-46-44-42-40-38-36-34-32-30-28-26-24-22-20-18-16-14-12-10-8-6-4-2/h1-2H2. The van der Waals surface area contributed by atoms with Gasteiger partial charge in [-0.05, 0) is 105 Å². The third-order valence-electron chi connectivity index (χ3n) is 6.11. The fourth-order valence-corrected chi connectivity index (χ4v) is 3.03. The Morgan fingerprint density at radius 1 is 0.0500 bits per heavy atom. The van der Waals surface area contributed by atoms with Crippen molar-refractivity contribution in [2.75, 3.05) is 0 Å². The lowest BCUT2D eigenvalue weighted by molar-refractivity contribution is 2.10. The molecule has 0 saturated carbocycles. The van der Waals surface area contributed by atoms with E-state index in [1.807, 2.05) is 0 Å². The fourth-order valence-electron chi connectivity index (χ4n) is 3.03. The van der Waals surface area contributed by atoms with E-state index in [2.05, 4.69) is 575 Å². The Morgan fingerprint density at radius 2 is 0.0800 bits per heavy atom. The van der Waals surface area contributed by atoms with E-state index in [1.54, 1.807) is 0 Å². The summed E-state index contributed by atoms with van der Waals surface area (Å²) in [6.07, 6.45) is 0. The van der Waals surface area contributed by atoms with E-state index in [1.165, 1.54) is 0 Å². The van der Waals surface area contributed by atoms with Crippen LogP contribution in [0.25, 0.3) is 0 Å². The van der Waals surface area contributed by atoms with Gasteiger partial charge in [-0.15, -0.1) is 0 Å². The Morgan fingerprint density at radius 3 is 0.110 bits per heavy atom. The Balaban J connectivity index is 6.18. The molecule has 0 radical (unpaired) electrons. The smallest absolute Gasteiger partial charge is 0 e. The van der Waals surface area contributed by atoms with E-state index in [4.69, 9.17) is 0 Å². The average molecular weight is 1210 g/mol. The van der Waals surface area contributed by atoms with Crippen molar-refractivity contribution in [3.05, 3.63) is 575 Å². The van der Waals surface area contributed by atoms with E-state index in [9.17, 15) is 0 Å². The molecule has 0 spiro atoms. The predicted molar refractivity (Wildman–Crippen MR) is 356 cm³/mol. The van der Waals surface area contributed by atoms with E-state index in [0.29, 0.717) is 0 Å². The molecule has 0 heteroatoms. The molecule has 0 aliphatic carbocycles. The minimum Gasteiger partial charge on any atom is -0.0687 e. The highest BCUT2D eigenvalue weighted by molar-refractivity contribution is 5.02. The van der Waals surface area contributed by atoms with Crippen LogP contribution in [0, 0.1) is 0 Å². The number of hydrogen-bond donors (Lipinski definition) is 0. The zero-order valence-corrected chi connectivity index (χ0v) is 50.4. The van der Waals surface area contributed by atoms with Crippen molar-refractivity contribution in [3.63, 3.8) is 0 Å². The average Bonchev–Trinajstić information content (AvgIpc) is 3.66. The molecule has 0 amide bonds. The molecule has 0 aromatic carbocycles. The largest absolute Gasteiger partial charge is 0.0687 e. The van der Waals surface area contributed by atoms with Crippen LogP contribution in [0.5, 0.6) is 0 Å². The normalized spacial score (nSPS) is 3.96. The summed E-state index contributed by atoms with van der Waals surface area (Å²) in [5.41, 5.74) is 244. The molecule has 0 aromatic rings. The summed E-state index contributed by atoms with van der Waals surface area (Å²) < 4.78 is 0. The molecule has 0 rings (SSSR count). The van der Waals surface area contributed by atoms with Gasteiger partial charge in [0, 0.05) is 458 Å². The van der Waals surface area contributed by atoms with Gasteiger partial charge in [-0.1, -0.05) is 11.5 Å². The van der Waals surface area contributed by atoms with Gasteiger partial charge in [-0.2, -0.15) is 0 Å². The molecule has 0 aliphatic heterocycles. The van der Waals surface area contributed by atoms with Crippen molar-refractivity contribution in [1.82, 2.24) is 0 Å². The molecule has 0 fully saturated rings. The summed E-state index contributed by atoms with van der Waals surface area (Å²) in [5.74, 6) is 0. The minimum absolute atomic E-state index is 2.37. The van der Waals surface area contributed by atoms with Crippen LogP contribution in [0.15, 0.2) is 575 Å².